The minimum atomic E-state index is -1.00. The van der Waals surface area contributed by atoms with Gasteiger partial charge in [-0.05, 0) is 42.9 Å². The first-order valence-electron chi connectivity index (χ1n) is 5.86. The number of hydrogen-bond donors (Lipinski definition) is 2. The maximum Gasteiger partial charge on any atom is 0.305 e. The molecule has 0 saturated carbocycles. The molecule has 0 aliphatic heterocycles. The summed E-state index contributed by atoms with van der Waals surface area (Å²) >= 11 is 0. The molecule has 1 unspecified atom stereocenters. The summed E-state index contributed by atoms with van der Waals surface area (Å²) in [5.41, 5.74) is 8.20. The van der Waals surface area contributed by atoms with E-state index in [0.717, 1.165) is 36.8 Å². The monoisotopic (exact) mass is 237 g/mol. The van der Waals surface area contributed by atoms with Crippen LogP contribution in [0.25, 0.3) is 0 Å². The molecule has 2 rings (SSSR count). The number of rotatable bonds is 3. The van der Waals surface area contributed by atoms with Gasteiger partial charge in [0.15, 0.2) is 0 Å². The molecule has 0 aromatic heterocycles. The van der Waals surface area contributed by atoms with Crippen LogP contribution in [0.15, 0.2) is 12.1 Å². The maximum absolute atomic E-state index is 13.8. The second-order valence-electron chi connectivity index (χ2n) is 4.55. The van der Waals surface area contributed by atoms with Gasteiger partial charge in [-0.2, -0.15) is 0 Å². The van der Waals surface area contributed by atoms with Crippen molar-refractivity contribution in [2.24, 2.45) is 5.73 Å². The molecule has 0 spiro atoms. The molecule has 92 valence electrons. The number of benzene rings is 1. The fourth-order valence-corrected chi connectivity index (χ4v) is 2.36. The average molecular weight is 237 g/mol. The lowest BCUT2D eigenvalue weighted by atomic mass is 9.88. The highest BCUT2D eigenvalue weighted by Gasteiger charge is 2.19. The number of fused-ring (bicyclic) bond motifs is 1. The van der Waals surface area contributed by atoms with Crippen LogP contribution in [-0.4, -0.2) is 11.1 Å². The van der Waals surface area contributed by atoms with Crippen LogP contribution in [0.2, 0.25) is 0 Å². The fourth-order valence-electron chi connectivity index (χ4n) is 2.36. The predicted molar refractivity (Wildman–Crippen MR) is 62.2 cm³/mol. The van der Waals surface area contributed by atoms with Gasteiger partial charge < -0.3 is 10.8 Å². The van der Waals surface area contributed by atoms with E-state index in [1.807, 2.05) is 0 Å². The fraction of sp³-hybridized carbons (Fsp3) is 0.462. The topological polar surface area (TPSA) is 63.3 Å². The molecule has 3 nitrogen and oxygen atoms in total. The number of carboxylic acids is 1. The summed E-state index contributed by atoms with van der Waals surface area (Å²) in [6, 6.07) is 2.50. The van der Waals surface area contributed by atoms with Crippen LogP contribution in [0, 0.1) is 5.82 Å². The van der Waals surface area contributed by atoms with E-state index in [9.17, 15) is 9.18 Å². The number of aryl methyl sites for hydroxylation is 2. The van der Waals surface area contributed by atoms with Crippen LogP contribution in [0.1, 0.15) is 42.0 Å². The Morgan fingerprint density at radius 3 is 2.53 bits per heavy atom. The van der Waals surface area contributed by atoms with Crippen molar-refractivity contribution in [2.45, 2.75) is 38.1 Å². The molecule has 1 aliphatic rings. The molecule has 1 aliphatic carbocycles. The second kappa shape index (κ2) is 4.84. The van der Waals surface area contributed by atoms with Crippen molar-refractivity contribution in [3.05, 3.63) is 34.6 Å². The smallest absolute Gasteiger partial charge is 0.305 e. The van der Waals surface area contributed by atoms with Gasteiger partial charge >= 0.3 is 5.97 Å². The molecule has 0 bridgehead atoms. The Kier molecular flexibility index (Phi) is 3.43. The molecule has 4 heteroatoms. The number of aliphatic carboxylic acids is 1. The van der Waals surface area contributed by atoms with Crippen LogP contribution in [0.4, 0.5) is 4.39 Å². The molecular formula is C13H16FNO2. The van der Waals surface area contributed by atoms with Gasteiger partial charge in [-0.1, -0.05) is 6.07 Å². The number of carbonyl (C=O) groups is 1. The zero-order valence-electron chi connectivity index (χ0n) is 9.58. The van der Waals surface area contributed by atoms with Crippen molar-refractivity contribution in [1.29, 1.82) is 0 Å². The third-order valence-corrected chi connectivity index (χ3v) is 3.26. The molecule has 0 fully saturated rings. The van der Waals surface area contributed by atoms with E-state index in [-0.39, 0.29) is 12.2 Å². The van der Waals surface area contributed by atoms with E-state index in [0.29, 0.717) is 5.56 Å². The Morgan fingerprint density at radius 2 is 1.94 bits per heavy atom. The average Bonchev–Trinajstić information content (AvgIpc) is 2.27. The Labute approximate surface area is 99.4 Å². The first-order valence-corrected chi connectivity index (χ1v) is 5.86. The van der Waals surface area contributed by atoms with E-state index in [4.69, 9.17) is 10.8 Å². The van der Waals surface area contributed by atoms with E-state index in [1.54, 1.807) is 6.07 Å². The number of carboxylic acid groups (broad SMARTS) is 1. The van der Waals surface area contributed by atoms with E-state index in [1.165, 1.54) is 6.07 Å². The van der Waals surface area contributed by atoms with Gasteiger partial charge in [0, 0.05) is 11.6 Å². The Morgan fingerprint density at radius 1 is 1.35 bits per heavy atom. The molecule has 0 saturated heterocycles. The SMILES string of the molecule is NC(CC(=O)O)c1cc2c(cc1F)CCCC2. The van der Waals surface area contributed by atoms with Gasteiger partial charge in [-0.3, -0.25) is 4.79 Å². The Bertz CT molecular complexity index is 445. The Hall–Kier alpha value is -1.42. The van der Waals surface area contributed by atoms with E-state index >= 15 is 0 Å². The van der Waals surface area contributed by atoms with Crippen LogP contribution in [0.5, 0.6) is 0 Å². The standard InChI is InChI=1S/C13H16FNO2/c14-11-6-9-4-2-1-3-8(9)5-10(11)12(15)7-13(16)17/h5-6,12H,1-4,7,15H2,(H,16,17). The first kappa shape index (κ1) is 12.0. The van der Waals surface area contributed by atoms with Crippen LogP contribution in [-0.2, 0) is 17.6 Å². The summed E-state index contributed by atoms with van der Waals surface area (Å²) in [6.45, 7) is 0. The van der Waals surface area contributed by atoms with Gasteiger partial charge in [-0.25, -0.2) is 4.39 Å². The first-order chi connectivity index (χ1) is 8.08. The molecular weight excluding hydrogens is 221 g/mol. The molecule has 0 radical (unpaired) electrons. The highest BCUT2D eigenvalue weighted by atomic mass is 19.1. The van der Waals surface area contributed by atoms with Crippen LogP contribution < -0.4 is 5.73 Å². The molecule has 17 heavy (non-hydrogen) atoms. The lowest BCUT2D eigenvalue weighted by Gasteiger charge is -2.19. The van der Waals surface area contributed by atoms with Crippen molar-refractivity contribution < 1.29 is 14.3 Å². The Balaban J connectivity index is 2.31. The van der Waals surface area contributed by atoms with Gasteiger partial charge in [0.25, 0.3) is 0 Å². The largest absolute Gasteiger partial charge is 0.481 e. The third kappa shape index (κ3) is 2.64. The molecule has 0 heterocycles. The summed E-state index contributed by atoms with van der Waals surface area (Å²) in [5, 5.41) is 8.67. The number of halogens is 1. The summed E-state index contributed by atoms with van der Waals surface area (Å²) in [4.78, 5) is 10.6. The lowest BCUT2D eigenvalue weighted by Crippen LogP contribution is -2.18. The molecule has 0 amide bonds. The van der Waals surface area contributed by atoms with E-state index < -0.39 is 12.0 Å². The van der Waals surface area contributed by atoms with Crippen molar-refractivity contribution in [3.63, 3.8) is 0 Å². The van der Waals surface area contributed by atoms with Crippen molar-refractivity contribution >= 4 is 5.97 Å². The second-order valence-corrected chi connectivity index (χ2v) is 4.55. The summed E-state index contributed by atoms with van der Waals surface area (Å²) in [6.07, 6.45) is 3.79. The summed E-state index contributed by atoms with van der Waals surface area (Å²) < 4.78 is 13.8. The van der Waals surface area contributed by atoms with Gasteiger partial charge in [0.1, 0.15) is 5.82 Å². The zero-order chi connectivity index (χ0) is 12.4. The summed E-state index contributed by atoms with van der Waals surface area (Å²) in [5.74, 6) is -1.38. The quantitative estimate of drug-likeness (QED) is 0.846. The van der Waals surface area contributed by atoms with Crippen molar-refractivity contribution in [2.75, 3.05) is 0 Å². The zero-order valence-corrected chi connectivity index (χ0v) is 9.58. The van der Waals surface area contributed by atoms with Crippen molar-refractivity contribution in [3.8, 4) is 0 Å². The number of nitrogens with two attached hydrogens (primary N) is 1. The highest BCUT2D eigenvalue weighted by molar-refractivity contribution is 5.68. The van der Waals surface area contributed by atoms with E-state index in [2.05, 4.69) is 0 Å². The molecule has 1 aromatic rings. The van der Waals surface area contributed by atoms with Gasteiger partial charge in [0.2, 0.25) is 0 Å². The maximum atomic E-state index is 13.8. The van der Waals surface area contributed by atoms with Gasteiger partial charge in [-0.15, -0.1) is 0 Å². The van der Waals surface area contributed by atoms with Gasteiger partial charge in [0.05, 0.1) is 6.42 Å². The summed E-state index contributed by atoms with van der Waals surface area (Å²) in [7, 11) is 0. The highest BCUT2D eigenvalue weighted by Crippen LogP contribution is 2.27. The molecule has 3 N–H and O–H groups in total. The third-order valence-electron chi connectivity index (χ3n) is 3.26. The minimum Gasteiger partial charge on any atom is -0.481 e. The van der Waals surface area contributed by atoms with Crippen molar-refractivity contribution in [1.82, 2.24) is 0 Å². The normalized spacial score (nSPS) is 16.4. The number of hydrogen-bond acceptors (Lipinski definition) is 2. The molecule has 1 aromatic carbocycles. The molecule has 1 atom stereocenters. The van der Waals surface area contributed by atoms with Crippen LogP contribution >= 0.6 is 0 Å². The minimum absolute atomic E-state index is 0.240. The lowest BCUT2D eigenvalue weighted by molar-refractivity contribution is -0.137. The predicted octanol–water partition coefficient (Wildman–Crippen LogP) is 2.18. The van der Waals surface area contributed by atoms with Crippen LogP contribution in [0.3, 0.4) is 0 Å².